The number of rotatable bonds is 4. The summed E-state index contributed by atoms with van der Waals surface area (Å²) in [6.07, 6.45) is 0.132. The molecule has 60 valence electrons. The van der Waals surface area contributed by atoms with Crippen molar-refractivity contribution in [2.24, 2.45) is 0 Å². The first-order valence-electron chi connectivity index (χ1n) is 3.51. The van der Waals surface area contributed by atoms with Crippen LogP contribution in [0.2, 0.25) is 0 Å². The van der Waals surface area contributed by atoms with Crippen molar-refractivity contribution in [2.75, 3.05) is 6.61 Å². The first-order valence-corrected chi connectivity index (χ1v) is 3.51. The summed E-state index contributed by atoms with van der Waals surface area (Å²) in [5.41, 5.74) is 0. The SMILES string of the molecule is CCC(=N)OCCC(C)F. The monoisotopic (exact) mass is 147 g/mol. The fraction of sp³-hybridized carbons (Fsp3) is 0.857. The Bertz CT molecular complexity index is 104. The Morgan fingerprint density at radius 2 is 2.30 bits per heavy atom. The summed E-state index contributed by atoms with van der Waals surface area (Å²) in [6.45, 7) is 3.64. The maximum atomic E-state index is 12.1. The molecule has 1 unspecified atom stereocenters. The van der Waals surface area contributed by atoms with Crippen LogP contribution < -0.4 is 0 Å². The standard InChI is InChI=1S/C7H14FNO/c1-3-7(9)10-5-4-6(2)8/h6,9H,3-5H2,1-2H3. The third kappa shape index (κ3) is 5.54. The van der Waals surface area contributed by atoms with Crippen molar-refractivity contribution < 1.29 is 9.13 Å². The lowest BCUT2D eigenvalue weighted by atomic mass is 10.3. The highest BCUT2D eigenvalue weighted by atomic mass is 19.1. The highest BCUT2D eigenvalue weighted by molar-refractivity contribution is 5.71. The minimum atomic E-state index is -0.829. The molecule has 1 atom stereocenters. The van der Waals surface area contributed by atoms with E-state index >= 15 is 0 Å². The van der Waals surface area contributed by atoms with Gasteiger partial charge in [0.15, 0.2) is 5.90 Å². The molecule has 0 saturated carbocycles. The van der Waals surface area contributed by atoms with Crippen LogP contribution in [0.3, 0.4) is 0 Å². The number of hydrogen-bond acceptors (Lipinski definition) is 2. The molecule has 3 heteroatoms. The maximum Gasteiger partial charge on any atom is 0.180 e. The first-order chi connectivity index (χ1) is 4.66. The van der Waals surface area contributed by atoms with Crippen molar-refractivity contribution in [1.82, 2.24) is 0 Å². The number of hydrogen-bond donors (Lipinski definition) is 1. The quantitative estimate of drug-likeness (QED) is 0.479. The second kappa shape index (κ2) is 5.21. The Morgan fingerprint density at radius 3 is 2.70 bits per heavy atom. The van der Waals surface area contributed by atoms with Crippen molar-refractivity contribution in [3.05, 3.63) is 0 Å². The van der Waals surface area contributed by atoms with E-state index in [2.05, 4.69) is 0 Å². The second-order valence-corrected chi connectivity index (χ2v) is 2.19. The highest BCUT2D eigenvalue weighted by Crippen LogP contribution is 1.96. The largest absolute Gasteiger partial charge is 0.481 e. The van der Waals surface area contributed by atoms with E-state index in [0.29, 0.717) is 19.4 Å². The predicted molar refractivity (Wildman–Crippen MR) is 39.2 cm³/mol. The van der Waals surface area contributed by atoms with Crippen LogP contribution in [0.5, 0.6) is 0 Å². The molecule has 0 fully saturated rings. The van der Waals surface area contributed by atoms with Gasteiger partial charge >= 0.3 is 0 Å². The summed E-state index contributed by atoms with van der Waals surface area (Å²) in [7, 11) is 0. The van der Waals surface area contributed by atoms with Gasteiger partial charge in [-0.15, -0.1) is 0 Å². The molecule has 0 heterocycles. The Kier molecular flexibility index (Phi) is 4.89. The van der Waals surface area contributed by atoms with Crippen LogP contribution in [0.15, 0.2) is 0 Å². The number of halogens is 1. The molecule has 0 aromatic carbocycles. The molecule has 0 saturated heterocycles. The molecule has 10 heavy (non-hydrogen) atoms. The summed E-state index contributed by atoms with van der Waals surface area (Å²) in [5, 5.41) is 7.04. The van der Waals surface area contributed by atoms with Crippen LogP contribution in [-0.4, -0.2) is 18.7 Å². The van der Waals surface area contributed by atoms with Gasteiger partial charge in [0.2, 0.25) is 0 Å². The molecule has 0 aliphatic rings. The minimum absolute atomic E-state index is 0.237. The molecule has 0 aliphatic carbocycles. The van der Waals surface area contributed by atoms with Gasteiger partial charge in [0, 0.05) is 12.8 Å². The van der Waals surface area contributed by atoms with Crippen LogP contribution in [0.4, 0.5) is 4.39 Å². The van der Waals surface area contributed by atoms with E-state index in [4.69, 9.17) is 10.1 Å². The molecule has 0 spiro atoms. The Labute approximate surface area is 60.9 Å². The van der Waals surface area contributed by atoms with Crippen molar-refractivity contribution in [2.45, 2.75) is 32.9 Å². The Morgan fingerprint density at radius 1 is 1.70 bits per heavy atom. The maximum absolute atomic E-state index is 12.1. The lowest BCUT2D eigenvalue weighted by Gasteiger charge is -2.04. The van der Waals surface area contributed by atoms with E-state index in [1.165, 1.54) is 6.92 Å². The van der Waals surface area contributed by atoms with Gasteiger partial charge in [0.25, 0.3) is 0 Å². The van der Waals surface area contributed by atoms with Gasteiger partial charge in [0.1, 0.15) is 6.17 Å². The first kappa shape index (κ1) is 9.40. The van der Waals surface area contributed by atoms with Gasteiger partial charge in [-0.3, -0.25) is 5.41 Å². The van der Waals surface area contributed by atoms with Crippen molar-refractivity contribution >= 4 is 5.90 Å². The molecule has 0 bridgehead atoms. The molecule has 0 radical (unpaired) electrons. The summed E-state index contributed by atoms with van der Waals surface area (Å²) in [6, 6.07) is 0. The number of alkyl halides is 1. The highest BCUT2D eigenvalue weighted by Gasteiger charge is 1.98. The van der Waals surface area contributed by atoms with E-state index in [-0.39, 0.29) is 5.90 Å². The summed E-state index contributed by atoms with van der Waals surface area (Å²) < 4.78 is 17.0. The van der Waals surface area contributed by atoms with Crippen LogP contribution in [0.1, 0.15) is 26.7 Å². The number of nitrogens with one attached hydrogen (secondary N) is 1. The molecule has 2 nitrogen and oxygen atoms in total. The van der Waals surface area contributed by atoms with E-state index in [1.807, 2.05) is 6.92 Å². The fourth-order valence-corrected chi connectivity index (χ4v) is 0.447. The minimum Gasteiger partial charge on any atom is -0.481 e. The van der Waals surface area contributed by atoms with Crippen molar-refractivity contribution in [3.63, 3.8) is 0 Å². The summed E-state index contributed by atoms with van der Waals surface area (Å²) >= 11 is 0. The molecular weight excluding hydrogens is 133 g/mol. The van der Waals surface area contributed by atoms with E-state index in [9.17, 15) is 4.39 Å². The lowest BCUT2D eigenvalue weighted by molar-refractivity contribution is 0.233. The molecule has 0 aromatic heterocycles. The van der Waals surface area contributed by atoms with Gasteiger partial charge < -0.3 is 4.74 Å². The normalized spacial score (nSPS) is 12.7. The van der Waals surface area contributed by atoms with E-state index in [0.717, 1.165) is 0 Å². The number of ether oxygens (including phenoxy) is 1. The lowest BCUT2D eigenvalue weighted by Crippen LogP contribution is -2.06. The van der Waals surface area contributed by atoms with Crippen LogP contribution >= 0.6 is 0 Å². The van der Waals surface area contributed by atoms with Gasteiger partial charge in [0.05, 0.1) is 6.61 Å². The summed E-state index contributed by atoms with van der Waals surface area (Å²) in [5.74, 6) is 0.237. The second-order valence-electron chi connectivity index (χ2n) is 2.19. The Balaban J connectivity index is 3.12. The zero-order valence-corrected chi connectivity index (χ0v) is 6.48. The fourth-order valence-electron chi connectivity index (χ4n) is 0.447. The molecular formula is C7H14FNO. The smallest absolute Gasteiger partial charge is 0.180 e. The zero-order valence-electron chi connectivity index (χ0n) is 6.48. The van der Waals surface area contributed by atoms with Gasteiger partial charge in [-0.1, -0.05) is 6.92 Å². The third-order valence-electron chi connectivity index (χ3n) is 1.11. The van der Waals surface area contributed by atoms with Crippen molar-refractivity contribution in [3.8, 4) is 0 Å². The van der Waals surface area contributed by atoms with Crippen LogP contribution in [0.25, 0.3) is 0 Å². The molecule has 1 N–H and O–H groups in total. The average Bonchev–Trinajstić information content (AvgIpc) is 1.87. The summed E-state index contributed by atoms with van der Waals surface area (Å²) in [4.78, 5) is 0. The molecule has 0 rings (SSSR count). The third-order valence-corrected chi connectivity index (χ3v) is 1.11. The van der Waals surface area contributed by atoms with Crippen LogP contribution in [-0.2, 0) is 4.74 Å². The Hall–Kier alpha value is -0.600. The van der Waals surface area contributed by atoms with Gasteiger partial charge in [-0.25, -0.2) is 4.39 Å². The van der Waals surface area contributed by atoms with Crippen LogP contribution in [0, 0.1) is 5.41 Å². The predicted octanol–water partition coefficient (Wildman–Crippen LogP) is 2.14. The van der Waals surface area contributed by atoms with Gasteiger partial charge in [-0.05, 0) is 6.92 Å². The molecule has 0 aliphatic heterocycles. The topological polar surface area (TPSA) is 33.1 Å². The molecule has 0 amide bonds. The average molecular weight is 147 g/mol. The van der Waals surface area contributed by atoms with Crippen molar-refractivity contribution in [1.29, 1.82) is 5.41 Å². The zero-order chi connectivity index (χ0) is 7.98. The molecule has 0 aromatic rings. The van der Waals surface area contributed by atoms with Gasteiger partial charge in [-0.2, -0.15) is 0 Å². The van der Waals surface area contributed by atoms with E-state index < -0.39 is 6.17 Å². The van der Waals surface area contributed by atoms with E-state index in [1.54, 1.807) is 0 Å².